The maximum Gasteiger partial charge on any atom is 0.0893 e. The summed E-state index contributed by atoms with van der Waals surface area (Å²) >= 11 is 0. The first kappa shape index (κ1) is 10.4. The number of unbranched alkanes of at least 4 members (excludes halogenated alkanes) is 1. The third-order valence-electron chi connectivity index (χ3n) is 2.25. The van der Waals surface area contributed by atoms with Crippen molar-refractivity contribution in [1.82, 2.24) is 9.80 Å². The lowest BCUT2D eigenvalue weighted by Gasteiger charge is -2.20. The van der Waals surface area contributed by atoms with Crippen LogP contribution < -0.4 is 0 Å². The van der Waals surface area contributed by atoms with Gasteiger partial charge in [-0.1, -0.05) is 13.3 Å². The van der Waals surface area contributed by atoms with E-state index in [4.69, 9.17) is 5.11 Å². The number of aliphatic hydroxyl groups is 1. The molecule has 0 amide bonds. The van der Waals surface area contributed by atoms with Crippen molar-refractivity contribution in [3.8, 4) is 0 Å². The molecule has 1 aliphatic rings. The van der Waals surface area contributed by atoms with Crippen LogP contribution in [0.15, 0.2) is 12.4 Å². The fraction of sp³-hybridized carbons (Fsp3) is 0.800. The van der Waals surface area contributed by atoms with Crippen LogP contribution in [0, 0.1) is 0 Å². The fourth-order valence-electron chi connectivity index (χ4n) is 1.44. The zero-order chi connectivity index (χ0) is 9.52. The van der Waals surface area contributed by atoms with Gasteiger partial charge in [-0.15, -0.1) is 0 Å². The number of hydrogen-bond donors (Lipinski definition) is 1. The Bertz CT molecular complexity index is 143. The van der Waals surface area contributed by atoms with Crippen LogP contribution in [0.3, 0.4) is 0 Å². The maximum atomic E-state index is 8.67. The minimum absolute atomic E-state index is 0.291. The molecule has 76 valence electrons. The highest BCUT2D eigenvalue weighted by atomic mass is 16.3. The third kappa shape index (κ3) is 3.68. The molecule has 1 aliphatic heterocycles. The molecule has 0 fully saturated rings. The predicted octanol–water partition coefficient (Wildman–Crippen LogP) is 1.22. The Kier molecular flexibility index (Phi) is 4.68. The average Bonchev–Trinajstić information content (AvgIpc) is 2.59. The Balaban J connectivity index is 2.10. The van der Waals surface area contributed by atoms with E-state index in [2.05, 4.69) is 29.1 Å². The van der Waals surface area contributed by atoms with Gasteiger partial charge in [-0.25, -0.2) is 0 Å². The third-order valence-corrected chi connectivity index (χ3v) is 2.25. The topological polar surface area (TPSA) is 26.7 Å². The molecule has 3 heteroatoms. The summed E-state index contributed by atoms with van der Waals surface area (Å²) in [6.07, 6.45) is 7.64. The lowest BCUT2D eigenvalue weighted by atomic mass is 10.3. The summed E-state index contributed by atoms with van der Waals surface area (Å²) in [7, 11) is 0. The lowest BCUT2D eigenvalue weighted by molar-refractivity contribution is 0.228. The fourth-order valence-corrected chi connectivity index (χ4v) is 1.44. The molecule has 0 spiro atoms. The summed E-state index contributed by atoms with van der Waals surface area (Å²) < 4.78 is 0. The molecule has 3 nitrogen and oxygen atoms in total. The largest absolute Gasteiger partial charge is 0.396 e. The highest BCUT2D eigenvalue weighted by Gasteiger charge is 2.09. The van der Waals surface area contributed by atoms with Crippen molar-refractivity contribution >= 4 is 0 Å². The molecule has 0 radical (unpaired) electrons. The van der Waals surface area contributed by atoms with Crippen LogP contribution in [0.25, 0.3) is 0 Å². The van der Waals surface area contributed by atoms with Gasteiger partial charge in [0, 0.05) is 32.1 Å². The molecule has 0 atom stereocenters. The first-order chi connectivity index (χ1) is 6.36. The van der Waals surface area contributed by atoms with E-state index in [1.54, 1.807) is 0 Å². The van der Waals surface area contributed by atoms with Crippen molar-refractivity contribution in [2.75, 3.05) is 26.4 Å². The molecule has 0 aromatic heterocycles. The number of nitrogens with zero attached hydrogens (tertiary/aromatic N) is 2. The van der Waals surface area contributed by atoms with Crippen LogP contribution in [0.4, 0.5) is 0 Å². The Hall–Kier alpha value is -0.700. The molecule has 0 bridgehead atoms. The summed E-state index contributed by atoms with van der Waals surface area (Å²) in [6.45, 7) is 5.63. The Morgan fingerprint density at radius 1 is 1.15 bits per heavy atom. The summed E-state index contributed by atoms with van der Waals surface area (Å²) in [6, 6.07) is 0. The van der Waals surface area contributed by atoms with E-state index >= 15 is 0 Å². The van der Waals surface area contributed by atoms with Gasteiger partial charge in [-0.05, 0) is 12.8 Å². The second-order valence-corrected chi connectivity index (χ2v) is 3.50. The molecule has 0 aromatic carbocycles. The molecule has 0 unspecified atom stereocenters. The molecule has 13 heavy (non-hydrogen) atoms. The molecular formula is C10H20N2O. The van der Waals surface area contributed by atoms with Gasteiger partial charge in [-0.2, -0.15) is 0 Å². The van der Waals surface area contributed by atoms with Gasteiger partial charge in [-0.3, -0.25) is 0 Å². The van der Waals surface area contributed by atoms with Crippen LogP contribution in [0.5, 0.6) is 0 Å². The van der Waals surface area contributed by atoms with E-state index in [1.165, 1.54) is 12.8 Å². The first-order valence-electron chi connectivity index (χ1n) is 5.14. The SMILES string of the molecule is CCCCN1C=CN(CCCO)C1. The van der Waals surface area contributed by atoms with Gasteiger partial charge in [0.2, 0.25) is 0 Å². The predicted molar refractivity (Wildman–Crippen MR) is 54.0 cm³/mol. The minimum Gasteiger partial charge on any atom is -0.396 e. The van der Waals surface area contributed by atoms with Crippen molar-refractivity contribution in [2.24, 2.45) is 0 Å². The van der Waals surface area contributed by atoms with Gasteiger partial charge in [0.1, 0.15) is 0 Å². The second-order valence-electron chi connectivity index (χ2n) is 3.50. The molecular weight excluding hydrogens is 164 g/mol. The molecule has 0 aromatic rings. The van der Waals surface area contributed by atoms with Gasteiger partial charge < -0.3 is 14.9 Å². The zero-order valence-electron chi connectivity index (χ0n) is 8.45. The van der Waals surface area contributed by atoms with Crippen LogP contribution in [0.1, 0.15) is 26.2 Å². The monoisotopic (exact) mass is 184 g/mol. The van der Waals surface area contributed by atoms with E-state index < -0.39 is 0 Å². The van der Waals surface area contributed by atoms with Crippen molar-refractivity contribution in [3.63, 3.8) is 0 Å². The smallest absolute Gasteiger partial charge is 0.0893 e. The first-order valence-corrected chi connectivity index (χ1v) is 5.14. The average molecular weight is 184 g/mol. The van der Waals surface area contributed by atoms with Crippen molar-refractivity contribution in [2.45, 2.75) is 26.2 Å². The number of hydrogen-bond acceptors (Lipinski definition) is 3. The quantitative estimate of drug-likeness (QED) is 0.672. The van der Waals surface area contributed by atoms with Gasteiger partial charge >= 0.3 is 0 Å². The Labute approximate surface area is 80.6 Å². The lowest BCUT2D eigenvalue weighted by Crippen LogP contribution is -2.27. The number of rotatable bonds is 6. The Morgan fingerprint density at radius 2 is 1.77 bits per heavy atom. The molecule has 0 saturated heterocycles. The van der Waals surface area contributed by atoms with E-state index in [1.807, 2.05) is 0 Å². The van der Waals surface area contributed by atoms with Crippen molar-refractivity contribution < 1.29 is 5.11 Å². The highest BCUT2D eigenvalue weighted by molar-refractivity contribution is 4.90. The van der Waals surface area contributed by atoms with E-state index in [-0.39, 0.29) is 0 Å². The maximum absolute atomic E-state index is 8.67. The van der Waals surface area contributed by atoms with Crippen LogP contribution in [-0.4, -0.2) is 41.3 Å². The summed E-state index contributed by atoms with van der Waals surface area (Å²) in [5.74, 6) is 0. The van der Waals surface area contributed by atoms with Crippen molar-refractivity contribution in [1.29, 1.82) is 0 Å². The molecule has 1 N–H and O–H groups in total. The minimum atomic E-state index is 0.291. The van der Waals surface area contributed by atoms with Gasteiger partial charge in [0.05, 0.1) is 6.67 Å². The molecule has 0 saturated carbocycles. The van der Waals surface area contributed by atoms with Crippen molar-refractivity contribution in [3.05, 3.63) is 12.4 Å². The van der Waals surface area contributed by atoms with Crippen LogP contribution in [-0.2, 0) is 0 Å². The van der Waals surface area contributed by atoms with E-state index in [0.29, 0.717) is 6.61 Å². The van der Waals surface area contributed by atoms with Crippen LogP contribution in [0.2, 0.25) is 0 Å². The zero-order valence-corrected chi connectivity index (χ0v) is 8.45. The molecule has 1 rings (SSSR count). The summed E-state index contributed by atoms with van der Waals surface area (Å²) in [4.78, 5) is 4.56. The van der Waals surface area contributed by atoms with E-state index in [0.717, 1.165) is 26.2 Å². The Morgan fingerprint density at radius 3 is 2.31 bits per heavy atom. The standard InChI is InChI=1S/C10H20N2O/c1-2-3-5-11-7-8-12(10-11)6-4-9-13/h7-8,13H,2-6,9-10H2,1H3. The normalized spacial score (nSPS) is 15.8. The summed E-state index contributed by atoms with van der Waals surface area (Å²) in [5.41, 5.74) is 0. The molecule has 1 heterocycles. The number of aliphatic hydroxyl groups excluding tert-OH is 1. The molecule has 0 aliphatic carbocycles. The van der Waals surface area contributed by atoms with Gasteiger partial charge in [0.25, 0.3) is 0 Å². The second kappa shape index (κ2) is 5.86. The van der Waals surface area contributed by atoms with Gasteiger partial charge in [0.15, 0.2) is 0 Å². The van der Waals surface area contributed by atoms with E-state index in [9.17, 15) is 0 Å². The van der Waals surface area contributed by atoms with Crippen LogP contribution >= 0.6 is 0 Å². The summed E-state index contributed by atoms with van der Waals surface area (Å²) in [5, 5.41) is 8.67. The highest BCUT2D eigenvalue weighted by Crippen LogP contribution is 2.07.